The number of nitrogen functional groups attached to an aromatic ring is 5. The van der Waals surface area contributed by atoms with Gasteiger partial charge in [0.25, 0.3) is 11.4 Å². The zero-order valence-corrected chi connectivity index (χ0v) is 43.2. The third-order valence-corrected chi connectivity index (χ3v) is 12.5. The molecule has 0 fully saturated rings. The van der Waals surface area contributed by atoms with Crippen LogP contribution < -0.4 is 28.7 Å². The number of rotatable bonds is 5. The van der Waals surface area contributed by atoms with Crippen LogP contribution in [0, 0.1) is 26.0 Å². The Morgan fingerprint density at radius 2 is 1.25 bits per heavy atom. The number of carbonyl (C=O) groups is 1. The molecule has 0 heterocycles. The number of aromatic hydroxyl groups is 1. The lowest BCUT2D eigenvalue weighted by Crippen LogP contribution is -2.17. The normalized spacial score (nSPS) is 10.8. The van der Waals surface area contributed by atoms with Crippen LogP contribution in [0.3, 0.4) is 0 Å². The second-order valence-electron chi connectivity index (χ2n) is 16.3. The second kappa shape index (κ2) is 24.7. The Bertz CT molecular complexity index is 2870. The number of carbonyl (C=O) groups excluding carboxylic acids is 1. The molecule has 0 spiro atoms. The number of non-ortho nitro benzene ring substituents is 1. The van der Waals surface area contributed by atoms with E-state index in [4.69, 9.17) is 57.0 Å². The summed E-state index contributed by atoms with van der Waals surface area (Å²) >= 11 is 17.4. The van der Waals surface area contributed by atoms with Crippen molar-refractivity contribution in [2.45, 2.75) is 62.2 Å². The zero-order valence-electron chi connectivity index (χ0n) is 37.7. The third kappa shape index (κ3) is 17.2. The molecule has 22 heteroatoms. The predicted octanol–water partition coefficient (Wildman–Crippen LogP) is 12.1. The summed E-state index contributed by atoms with van der Waals surface area (Å²) in [5, 5.41) is 30.0. The van der Waals surface area contributed by atoms with Gasteiger partial charge in [-0.1, -0.05) is 92.8 Å². The van der Waals surface area contributed by atoms with Crippen LogP contribution in [0.1, 0.15) is 63.0 Å². The molecule has 0 saturated heterocycles. The molecule has 0 radical (unpaired) electrons. The van der Waals surface area contributed by atoms with E-state index in [2.05, 4.69) is 96.3 Å². The van der Waals surface area contributed by atoms with Crippen LogP contribution in [0.15, 0.2) is 128 Å². The molecule has 6 aromatic carbocycles. The van der Waals surface area contributed by atoms with Crippen LogP contribution in [0.25, 0.3) is 0 Å². The van der Waals surface area contributed by atoms with Crippen molar-refractivity contribution < 1.29 is 37.3 Å². The molecular weight excluding hydrogens is 1080 g/mol. The van der Waals surface area contributed by atoms with Gasteiger partial charge in [0.15, 0.2) is 0 Å². The van der Waals surface area contributed by atoms with Gasteiger partial charge in [0.1, 0.15) is 16.6 Å². The number of ether oxygens (including phenoxy) is 1. The molecule has 16 nitrogen and oxygen atoms in total. The Balaban J connectivity index is 0.000000298. The molecule has 0 atom stereocenters. The van der Waals surface area contributed by atoms with Crippen molar-refractivity contribution in [3.8, 4) is 5.75 Å². The molecule has 0 aliphatic rings. The van der Waals surface area contributed by atoms with E-state index in [1.54, 1.807) is 18.2 Å². The maximum Gasteiger partial charge on any atom is 0.340 e. The number of nitrogens with two attached hydrogens (primary N) is 5. The number of anilines is 5. The van der Waals surface area contributed by atoms with E-state index >= 15 is 0 Å². The van der Waals surface area contributed by atoms with Gasteiger partial charge >= 0.3 is 5.97 Å². The number of phenolic OH excluding ortho intramolecular Hbond substituents is 1. The third-order valence-electron chi connectivity index (χ3n) is 9.03. The van der Waals surface area contributed by atoms with Crippen LogP contribution in [-0.2, 0) is 25.4 Å². The van der Waals surface area contributed by atoms with Crippen molar-refractivity contribution in [1.29, 1.82) is 0 Å². The minimum Gasteiger partial charge on any atom is -0.506 e. The van der Waals surface area contributed by atoms with Gasteiger partial charge in [-0.15, -0.1) is 0 Å². The number of esters is 1. The van der Waals surface area contributed by atoms with E-state index in [1.165, 1.54) is 66.8 Å². The number of sulfone groups is 1. The number of hydrogen-bond acceptors (Lipinski definition) is 14. The van der Waals surface area contributed by atoms with E-state index in [1.807, 2.05) is 0 Å². The highest BCUT2D eigenvalue weighted by atomic mass is 79.9. The van der Waals surface area contributed by atoms with Gasteiger partial charge in [0, 0.05) is 37.5 Å². The molecule has 0 aliphatic carbocycles. The highest BCUT2D eigenvalue weighted by Crippen LogP contribution is 2.34. The quantitative estimate of drug-likeness (QED) is 0.0308. The van der Waals surface area contributed by atoms with Gasteiger partial charge in [-0.25, -0.2) is 17.6 Å². The maximum absolute atomic E-state index is 12.4. The Morgan fingerprint density at radius 1 is 0.706 bits per heavy atom. The van der Waals surface area contributed by atoms with Crippen molar-refractivity contribution in [2.24, 2.45) is 0 Å². The molecule has 0 bridgehead atoms. The highest BCUT2D eigenvalue weighted by Gasteiger charge is 2.21. The fourth-order valence-corrected chi connectivity index (χ4v) is 8.20. The van der Waals surface area contributed by atoms with Crippen molar-refractivity contribution in [3.05, 3.63) is 171 Å². The molecule has 0 aromatic heterocycles. The van der Waals surface area contributed by atoms with Crippen LogP contribution >= 0.6 is 55.1 Å². The maximum atomic E-state index is 12.4. The number of nitrogens with zero attached hydrogens (tertiary/aromatic N) is 2. The van der Waals surface area contributed by atoms with Gasteiger partial charge in [-0.05, 0) is 117 Å². The Morgan fingerprint density at radius 3 is 1.69 bits per heavy atom. The molecule has 0 unspecified atom stereocenters. The lowest BCUT2D eigenvalue weighted by molar-refractivity contribution is -0.385. The summed E-state index contributed by atoms with van der Waals surface area (Å²) in [4.78, 5) is 30.8. The van der Waals surface area contributed by atoms with Gasteiger partial charge in [0.2, 0.25) is 9.84 Å². The Labute approximate surface area is 420 Å². The fourth-order valence-electron chi connectivity index (χ4n) is 5.31. The molecule has 0 aliphatic heterocycles. The van der Waals surface area contributed by atoms with E-state index in [0.717, 1.165) is 34.4 Å². The summed E-state index contributed by atoms with van der Waals surface area (Å²) < 4.78 is 42.8. The summed E-state index contributed by atoms with van der Waals surface area (Å²) in [6.45, 7) is 13.2. The molecular formula is C46H50Br2Cl2FN7O9S. The van der Waals surface area contributed by atoms with Gasteiger partial charge < -0.3 is 38.5 Å². The minimum absolute atomic E-state index is 0.00266. The summed E-state index contributed by atoms with van der Waals surface area (Å²) in [6, 6.07) is 26.5. The minimum atomic E-state index is -3.68. The van der Waals surface area contributed by atoms with Crippen molar-refractivity contribution in [1.82, 2.24) is 0 Å². The smallest absolute Gasteiger partial charge is 0.340 e. The van der Waals surface area contributed by atoms with Gasteiger partial charge in [-0.2, -0.15) is 0 Å². The van der Waals surface area contributed by atoms with E-state index in [9.17, 15) is 37.8 Å². The topological polar surface area (TPSA) is 297 Å². The first-order valence-electron chi connectivity index (χ1n) is 19.5. The van der Waals surface area contributed by atoms with Crippen LogP contribution in [0.4, 0.5) is 44.2 Å². The van der Waals surface area contributed by atoms with E-state index in [-0.39, 0.29) is 54.1 Å². The average molecular weight is 1130 g/mol. The first-order valence-corrected chi connectivity index (χ1v) is 23.4. The molecule has 11 N–H and O–H groups in total. The lowest BCUT2D eigenvalue weighted by Gasteiger charge is -2.25. The highest BCUT2D eigenvalue weighted by molar-refractivity contribution is 9.11. The predicted molar refractivity (Wildman–Crippen MR) is 275 cm³/mol. The molecule has 68 heavy (non-hydrogen) atoms. The zero-order chi connectivity index (χ0) is 52.1. The van der Waals surface area contributed by atoms with E-state index in [0.29, 0.717) is 26.4 Å². The number of halogens is 5. The molecule has 0 amide bonds. The fraction of sp³-hybridized carbons (Fsp3) is 0.196. The number of nitro benzene ring substituents is 2. The monoisotopic (exact) mass is 1120 g/mol. The molecule has 364 valence electrons. The number of hydrogen-bond donors (Lipinski definition) is 6. The number of phenols is 1. The van der Waals surface area contributed by atoms with Crippen LogP contribution in [-0.4, -0.2) is 36.5 Å². The summed E-state index contributed by atoms with van der Waals surface area (Å²) in [5.41, 5.74) is 32.2. The molecule has 6 aromatic rings. The van der Waals surface area contributed by atoms with Crippen LogP contribution in [0.5, 0.6) is 5.75 Å². The van der Waals surface area contributed by atoms with Crippen molar-refractivity contribution in [2.75, 3.05) is 35.8 Å². The Kier molecular flexibility index (Phi) is 21.1. The van der Waals surface area contributed by atoms with Gasteiger partial charge in [0.05, 0.1) is 55.4 Å². The standard InChI is InChI=1S/C14H23N.C12H10N2O4S.C8H7Br2NO2.C6H5ClFN.C6H5ClN2O3/c1-13(2,3)10-7-8-11(12(15)9-10)14(4,5)6;13-9-1-5-11(6-2-9)19(17,18)12-7-3-10(4-8-12)14(15)16;1-13-8(12)5-2-4(9)3-6(10)7(5)11;7-4-1-2-6(9)5(8)3-4;7-3-1-4(8)6(10)2-5(3)9(11)12/h7-9H,15H2,1-6H3;1-8H,13H2;2-3H,11H2,1H3;1-3H,9H2;1-2,10H,8H2. The van der Waals surface area contributed by atoms with Crippen molar-refractivity contribution in [3.63, 3.8) is 0 Å². The summed E-state index contributed by atoms with van der Waals surface area (Å²) in [5.74, 6) is -1.26. The second-order valence-corrected chi connectivity index (χ2v) is 20.8. The first-order chi connectivity index (χ1) is 31.3. The number of benzene rings is 6. The first kappa shape index (κ1) is 57.9. The van der Waals surface area contributed by atoms with Crippen molar-refractivity contribution >= 4 is 111 Å². The molecule has 6 rings (SSSR count). The summed E-state index contributed by atoms with van der Waals surface area (Å²) in [7, 11) is -2.36. The lowest BCUT2D eigenvalue weighted by atomic mass is 9.81. The Hall–Kier alpha value is -6.19. The largest absolute Gasteiger partial charge is 0.506 e. The average Bonchev–Trinajstić information content (AvgIpc) is 3.24. The number of nitro groups is 2. The van der Waals surface area contributed by atoms with Gasteiger partial charge in [-0.3, -0.25) is 20.2 Å². The van der Waals surface area contributed by atoms with E-state index < -0.39 is 31.5 Å². The summed E-state index contributed by atoms with van der Waals surface area (Å²) in [6.07, 6.45) is 0. The SMILES string of the molecule is CC(C)(C)c1ccc(C(C)(C)C)c(N)c1.COC(=O)c1cc(Br)cc(Br)c1N.Nc1cc(Cl)c([N+](=O)[O-])cc1O.Nc1ccc(Cl)cc1F.Nc1ccc(S(=O)(=O)c2ccc([N+](=O)[O-])cc2)cc1. The van der Waals surface area contributed by atoms with Crippen LogP contribution in [0.2, 0.25) is 10.0 Å². The number of methoxy groups -OCH3 is 1. The molecule has 0 saturated carbocycles.